The highest BCUT2D eigenvalue weighted by Gasteiger charge is 2.34. The molecule has 3 aromatic heterocycles. The maximum absolute atomic E-state index is 13.3. The Kier molecular flexibility index (Phi) is 3.63. The highest BCUT2D eigenvalue weighted by atomic mass is 16.2. The minimum absolute atomic E-state index is 0.252. The van der Waals surface area contributed by atoms with Gasteiger partial charge < -0.3 is 4.90 Å². The van der Waals surface area contributed by atoms with E-state index in [9.17, 15) is 4.79 Å². The predicted molar refractivity (Wildman–Crippen MR) is 115 cm³/mol. The standard InChI is InChI=1S/C23H22N6O/c1-14-20-13-26-29(22-24-10-4-11-25-22)23(30)28(20)15(2)21(14)18-5-3-6-19-17(18)9-12-27(19)16-7-8-16/h3-6,10-11,13,16H,7-9,12H2,1-2H3. The molecule has 0 radical (unpaired) electrons. The van der Waals surface area contributed by atoms with Crippen LogP contribution in [0.3, 0.4) is 0 Å². The molecule has 7 heteroatoms. The van der Waals surface area contributed by atoms with E-state index in [2.05, 4.69) is 45.1 Å². The van der Waals surface area contributed by atoms with Gasteiger partial charge in [-0.2, -0.15) is 5.10 Å². The molecule has 0 amide bonds. The van der Waals surface area contributed by atoms with Gasteiger partial charge in [-0.3, -0.25) is 4.40 Å². The number of fused-ring (bicyclic) bond motifs is 2. The number of aryl methyl sites for hydroxylation is 2. The highest BCUT2D eigenvalue weighted by molar-refractivity contribution is 5.84. The second kappa shape index (κ2) is 6.26. The molecule has 0 atom stereocenters. The van der Waals surface area contributed by atoms with Gasteiger partial charge in [0.1, 0.15) is 0 Å². The number of rotatable bonds is 3. The van der Waals surface area contributed by atoms with Crippen LogP contribution < -0.4 is 10.6 Å². The van der Waals surface area contributed by atoms with Gasteiger partial charge in [0, 0.05) is 41.9 Å². The van der Waals surface area contributed by atoms with Gasteiger partial charge >= 0.3 is 5.69 Å². The van der Waals surface area contributed by atoms with Crippen LogP contribution in [0.5, 0.6) is 0 Å². The van der Waals surface area contributed by atoms with Gasteiger partial charge in [-0.25, -0.2) is 14.8 Å². The van der Waals surface area contributed by atoms with E-state index in [4.69, 9.17) is 0 Å². The molecule has 0 saturated heterocycles. The SMILES string of the molecule is Cc1c(-c2cccc3c2CCN3C2CC2)c(C)n2c(=O)n(-c3ncccn3)ncc12. The number of hydrogen-bond donors (Lipinski definition) is 0. The van der Waals surface area contributed by atoms with E-state index in [-0.39, 0.29) is 11.6 Å². The summed E-state index contributed by atoms with van der Waals surface area (Å²) < 4.78 is 2.99. The van der Waals surface area contributed by atoms with Gasteiger partial charge in [0.2, 0.25) is 0 Å². The summed E-state index contributed by atoms with van der Waals surface area (Å²) in [5.74, 6) is 0.275. The summed E-state index contributed by atoms with van der Waals surface area (Å²) in [7, 11) is 0. The minimum atomic E-state index is -0.252. The first-order valence-electron chi connectivity index (χ1n) is 10.4. The quantitative estimate of drug-likeness (QED) is 0.531. The lowest BCUT2D eigenvalue weighted by atomic mass is 9.95. The Labute approximate surface area is 173 Å². The summed E-state index contributed by atoms with van der Waals surface area (Å²) in [6, 6.07) is 9.00. The molecule has 2 aliphatic rings. The van der Waals surface area contributed by atoms with E-state index in [1.54, 1.807) is 29.1 Å². The second-order valence-electron chi connectivity index (χ2n) is 8.17. The molecule has 1 saturated carbocycles. The lowest BCUT2D eigenvalue weighted by molar-refractivity contribution is 0.703. The molecule has 0 bridgehead atoms. The third kappa shape index (κ3) is 2.38. The molecule has 150 valence electrons. The van der Waals surface area contributed by atoms with Crippen LogP contribution in [0, 0.1) is 13.8 Å². The van der Waals surface area contributed by atoms with Gasteiger partial charge in [0.15, 0.2) is 0 Å². The fraction of sp³-hybridized carbons (Fsp3) is 0.304. The largest absolute Gasteiger partial charge is 0.368 e. The van der Waals surface area contributed by atoms with E-state index in [1.165, 1.54) is 34.3 Å². The van der Waals surface area contributed by atoms with Crippen molar-refractivity contribution in [3.05, 3.63) is 70.2 Å². The van der Waals surface area contributed by atoms with Crippen LogP contribution in [0.4, 0.5) is 5.69 Å². The van der Waals surface area contributed by atoms with Gasteiger partial charge in [-0.15, -0.1) is 4.68 Å². The Balaban J connectivity index is 1.58. The van der Waals surface area contributed by atoms with Crippen molar-refractivity contribution in [2.75, 3.05) is 11.4 Å². The zero-order valence-electron chi connectivity index (χ0n) is 17.0. The van der Waals surface area contributed by atoms with E-state index < -0.39 is 0 Å². The average Bonchev–Trinajstić information content (AvgIpc) is 3.46. The van der Waals surface area contributed by atoms with Crippen LogP contribution in [0.2, 0.25) is 0 Å². The van der Waals surface area contributed by atoms with E-state index >= 15 is 0 Å². The van der Waals surface area contributed by atoms with Gasteiger partial charge in [-0.05, 0) is 61.9 Å². The summed E-state index contributed by atoms with van der Waals surface area (Å²) in [5.41, 5.74) is 7.70. The molecule has 0 unspecified atom stereocenters. The molecule has 6 rings (SSSR count). The van der Waals surface area contributed by atoms with Crippen LogP contribution in [0.25, 0.3) is 22.6 Å². The smallest absolute Gasteiger partial charge is 0.356 e. The molecular weight excluding hydrogens is 376 g/mol. The summed E-state index contributed by atoms with van der Waals surface area (Å²) in [6.07, 6.45) is 8.60. The number of aromatic nitrogens is 5. The van der Waals surface area contributed by atoms with Gasteiger partial charge in [0.05, 0.1) is 11.7 Å². The van der Waals surface area contributed by atoms with Crippen molar-refractivity contribution >= 4 is 11.2 Å². The van der Waals surface area contributed by atoms with Crippen molar-refractivity contribution in [2.45, 2.75) is 39.2 Å². The monoisotopic (exact) mass is 398 g/mol. The molecule has 7 nitrogen and oxygen atoms in total. The molecule has 30 heavy (non-hydrogen) atoms. The fourth-order valence-corrected chi connectivity index (χ4v) is 4.91. The Bertz CT molecular complexity index is 1350. The number of anilines is 1. The molecular formula is C23H22N6O. The summed E-state index contributed by atoms with van der Waals surface area (Å²) >= 11 is 0. The van der Waals surface area contributed by atoms with Crippen LogP contribution in [0.15, 0.2) is 47.7 Å². The normalized spacial score (nSPS) is 15.7. The fourth-order valence-electron chi connectivity index (χ4n) is 4.91. The highest BCUT2D eigenvalue weighted by Crippen LogP contribution is 2.43. The maximum Gasteiger partial charge on any atom is 0.356 e. The van der Waals surface area contributed by atoms with Gasteiger partial charge in [0.25, 0.3) is 5.95 Å². The predicted octanol–water partition coefficient (Wildman–Crippen LogP) is 3.08. The van der Waals surface area contributed by atoms with Crippen LogP contribution >= 0.6 is 0 Å². The minimum Gasteiger partial charge on any atom is -0.368 e. The van der Waals surface area contributed by atoms with Crippen molar-refractivity contribution in [3.8, 4) is 17.1 Å². The zero-order valence-corrected chi connectivity index (χ0v) is 17.0. The Morgan fingerprint density at radius 3 is 2.63 bits per heavy atom. The first-order chi connectivity index (χ1) is 14.6. The molecule has 1 aliphatic heterocycles. The van der Waals surface area contributed by atoms with Crippen molar-refractivity contribution in [1.82, 2.24) is 24.1 Å². The molecule has 4 heterocycles. The van der Waals surface area contributed by atoms with Gasteiger partial charge in [-0.1, -0.05) is 12.1 Å². The van der Waals surface area contributed by atoms with E-state index in [0.717, 1.165) is 35.3 Å². The van der Waals surface area contributed by atoms with E-state index in [0.29, 0.717) is 6.04 Å². The molecule has 0 N–H and O–H groups in total. The van der Waals surface area contributed by atoms with Crippen LogP contribution in [0.1, 0.15) is 29.7 Å². The topological polar surface area (TPSA) is 68.3 Å². The second-order valence-corrected chi connectivity index (χ2v) is 8.17. The first kappa shape index (κ1) is 17.4. The number of benzene rings is 1. The summed E-state index contributed by atoms with van der Waals surface area (Å²) in [5, 5.41) is 4.35. The Hall–Kier alpha value is -3.48. The van der Waals surface area contributed by atoms with Crippen molar-refractivity contribution < 1.29 is 0 Å². The summed E-state index contributed by atoms with van der Waals surface area (Å²) in [6.45, 7) is 5.18. The number of hydrogen-bond acceptors (Lipinski definition) is 5. The summed E-state index contributed by atoms with van der Waals surface area (Å²) in [4.78, 5) is 24.2. The molecule has 1 aromatic carbocycles. The Morgan fingerprint density at radius 1 is 1.07 bits per heavy atom. The van der Waals surface area contributed by atoms with E-state index in [1.807, 2.05) is 6.92 Å². The first-order valence-corrected chi connectivity index (χ1v) is 10.4. The molecule has 1 fully saturated rings. The van der Waals surface area contributed by atoms with Crippen molar-refractivity contribution in [2.24, 2.45) is 0 Å². The molecule has 4 aromatic rings. The molecule has 0 spiro atoms. The third-order valence-corrected chi connectivity index (χ3v) is 6.43. The Morgan fingerprint density at radius 2 is 1.87 bits per heavy atom. The third-order valence-electron chi connectivity index (χ3n) is 6.43. The maximum atomic E-state index is 13.3. The lowest BCUT2D eigenvalue weighted by Crippen LogP contribution is -2.29. The van der Waals surface area contributed by atoms with Crippen LogP contribution in [-0.4, -0.2) is 36.7 Å². The zero-order chi connectivity index (χ0) is 20.4. The lowest BCUT2D eigenvalue weighted by Gasteiger charge is -2.19. The number of nitrogens with zero attached hydrogens (tertiary/aromatic N) is 6. The average molecular weight is 398 g/mol. The molecule has 1 aliphatic carbocycles. The van der Waals surface area contributed by atoms with Crippen molar-refractivity contribution in [1.29, 1.82) is 0 Å². The van der Waals surface area contributed by atoms with Crippen molar-refractivity contribution in [3.63, 3.8) is 0 Å². The van der Waals surface area contributed by atoms with Crippen LogP contribution in [-0.2, 0) is 6.42 Å².